The van der Waals surface area contributed by atoms with Gasteiger partial charge in [0.15, 0.2) is 0 Å². The summed E-state index contributed by atoms with van der Waals surface area (Å²) in [5, 5.41) is 0. The number of benzene rings is 1. The molecule has 1 fully saturated rings. The zero-order chi connectivity index (χ0) is 15.2. The fourth-order valence-corrected chi connectivity index (χ4v) is 2.71. The first-order valence-corrected chi connectivity index (χ1v) is 7.42. The van der Waals surface area contributed by atoms with Gasteiger partial charge in [-0.15, -0.1) is 0 Å². The summed E-state index contributed by atoms with van der Waals surface area (Å²) in [6, 6.07) is 7.83. The van der Waals surface area contributed by atoms with Crippen LogP contribution in [0.25, 0.3) is 0 Å². The van der Waals surface area contributed by atoms with Crippen LogP contribution < -0.4 is 10.5 Å². The molecular formula is C16H24N2O3. The quantitative estimate of drug-likeness (QED) is 0.820. The summed E-state index contributed by atoms with van der Waals surface area (Å²) >= 11 is 0. The van der Waals surface area contributed by atoms with Crippen molar-refractivity contribution in [3.05, 3.63) is 29.8 Å². The Labute approximate surface area is 126 Å². The normalized spacial score (nSPS) is 22.4. The fraction of sp³-hybridized carbons (Fsp3) is 0.562. The number of nitrogens with zero attached hydrogens (tertiary/aromatic N) is 1. The second-order valence-electron chi connectivity index (χ2n) is 5.36. The molecule has 5 nitrogen and oxygen atoms in total. The SMILES string of the molecule is CCc1cccc(OCCN2C[C@@H](OC)C[C@H]2C(N)=O)c1. The maximum absolute atomic E-state index is 11.5. The first kappa shape index (κ1) is 15.8. The number of nitrogens with two attached hydrogens (primary N) is 1. The van der Waals surface area contributed by atoms with Gasteiger partial charge in [-0.2, -0.15) is 0 Å². The van der Waals surface area contributed by atoms with Crippen LogP contribution in [0.1, 0.15) is 18.9 Å². The van der Waals surface area contributed by atoms with E-state index in [0.717, 1.165) is 18.7 Å². The summed E-state index contributed by atoms with van der Waals surface area (Å²) in [7, 11) is 1.67. The molecule has 2 atom stereocenters. The van der Waals surface area contributed by atoms with Crippen molar-refractivity contribution in [3.8, 4) is 5.75 Å². The van der Waals surface area contributed by atoms with Crippen molar-refractivity contribution >= 4 is 5.91 Å². The Morgan fingerprint density at radius 2 is 2.29 bits per heavy atom. The highest BCUT2D eigenvalue weighted by Crippen LogP contribution is 2.20. The predicted molar refractivity (Wildman–Crippen MR) is 81.3 cm³/mol. The van der Waals surface area contributed by atoms with Gasteiger partial charge in [0.05, 0.1) is 12.1 Å². The molecule has 2 rings (SSSR count). The average Bonchev–Trinajstić information content (AvgIpc) is 2.91. The molecule has 0 radical (unpaired) electrons. The number of amides is 1. The van der Waals surface area contributed by atoms with Gasteiger partial charge in [-0.05, 0) is 30.5 Å². The standard InChI is InChI=1S/C16H24N2O3/c1-3-12-5-4-6-13(9-12)21-8-7-18-11-14(20-2)10-15(18)16(17)19/h4-6,9,14-15H,3,7-8,10-11H2,1-2H3,(H2,17,19)/t14-,15-/m0/s1. The third kappa shape index (κ3) is 4.19. The molecule has 1 amide bonds. The second kappa shape index (κ2) is 7.43. The lowest BCUT2D eigenvalue weighted by molar-refractivity contribution is -0.122. The van der Waals surface area contributed by atoms with E-state index in [4.69, 9.17) is 15.2 Å². The van der Waals surface area contributed by atoms with Crippen LogP contribution in [0.15, 0.2) is 24.3 Å². The molecular weight excluding hydrogens is 268 g/mol. The highest BCUT2D eigenvalue weighted by Gasteiger charge is 2.35. The topological polar surface area (TPSA) is 64.8 Å². The summed E-state index contributed by atoms with van der Waals surface area (Å²) < 4.78 is 11.1. The van der Waals surface area contributed by atoms with Crippen LogP contribution in [0.3, 0.4) is 0 Å². The molecule has 1 aliphatic heterocycles. The number of rotatable bonds is 7. The van der Waals surface area contributed by atoms with Crippen LogP contribution in [0.5, 0.6) is 5.75 Å². The van der Waals surface area contributed by atoms with Crippen molar-refractivity contribution in [1.29, 1.82) is 0 Å². The first-order chi connectivity index (χ1) is 10.1. The maximum atomic E-state index is 11.5. The molecule has 1 heterocycles. The Bertz CT molecular complexity index is 478. The summed E-state index contributed by atoms with van der Waals surface area (Å²) in [5.74, 6) is 0.579. The van der Waals surface area contributed by atoms with E-state index < -0.39 is 0 Å². The van der Waals surface area contributed by atoms with Gasteiger partial charge in [0.1, 0.15) is 12.4 Å². The van der Waals surface area contributed by atoms with Crippen molar-refractivity contribution in [2.45, 2.75) is 31.9 Å². The van der Waals surface area contributed by atoms with Gasteiger partial charge in [0, 0.05) is 20.2 Å². The van der Waals surface area contributed by atoms with Gasteiger partial charge in [0.25, 0.3) is 0 Å². The number of hydrogen-bond acceptors (Lipinski definition) is 4. The summed E-state index contributed by atoms with van der Waals surface area (Å²) in [5.41, 5.74) is 6.70. The van der Waals surface area contributed by atoms with Crippen LogP contribution in [0, 0.1) is 0 Å². The third-order valence-electron chi connectivity index (χ3n) is 3.98. The smallest absolute Gasteiger partial charge is 0.234 e. The monoisotopic (exact) mass is 292 g/mol. The van der Waals surface area contributed by atoms with Gasteiger partial charge >= 0.3 is 0 Å². The Morgan fingerprint density at radius 3 is 2.95 bits per heavy atom. The molecule has 0 aliphatic carbocycles. The molecule has 2 N–H and O–H groups in total. The number of likely N-dealkylation sites (tertiary alicyclic amines) is 1. The molecule has 0 saturated carbocycles. The number of carbonyl (C=O) groups is 1. The van der Waals surface area contributed by atoms with Crippen molar-refractivity contribution in [2.75, 3.05) is 26.8 Å². The lowest BCUT2D eigenvalue weighted by Gasteiger charge is -2.21. The summed E-state index contributed by atoms with van der Waals surface area (Å²) in [6.45, 7) is 4.05. The predicted octanol–water partition coefficient (Wildman–Crippen LogP) is 1.20. The minimum Gasteiger partial charge on any atom is -0.492 e. The summed E-state index contributed by atoms with van der Waals surface area (Å²) in [6.07, 6.45) is 1.73. The molecule has 1 saturated heterocycles. The molecule has 0 unspecified atom stereocenters. The Balaban J connectivity index is 1.85. The van der Waals surface area contributed by atoms with Crippen LogP contribution in [0.2, 0.25) is 0 Å². The Morgan fingerprint density at radius 1 is 1.48 bits per heavy atom. The van der Waals surface area contributed by atoms with Crippen molar-refractivity contribution in [1.82, 2.24) is 4.90 Å². The number of ether oxygens (including phenoxy) is 2. The van der Waals surface area contributed by atoms with Gasteiger partial charge < -0.3 is 15.2 Å². The first-order valence-electron chi connectivity index (χ1n) is 7.42. The van der Waals surface area contributed by atoms with Crippen LogP contribution in [-0.4, -0.2) is 49.8 Å². The lowest BCUT2D eigenvalue weighted by atomic mass is 10.2. The molecule has 0 spiro atoms. The zero-order valence-corrected chi connectivity index (χ0v) is 12.7. The number of hydrogen-bond donors (Lipinski definition) is 1. The lowest BCUT2D eigenvalue weighted by Crippen LogP contribution is -2.42. The van der Waals surface area contributed by atoms with Crippen LogP contribution in [0.4, 0.5) is 0 Å². The van der Waals surface area contributed by atoms with E-state index in [2.05, 4.69) is 13.0 Å². The van der Waals surface area contributed by atoms with E-state index in [0.29, 0.717) is 19.6 Å². The van der Waals surface area contributed by atoms with Crippen LogP contribution in [-0.2, 0) is 16.0 Å². The van der Waals surface area contributed by atoms with E-state index in [1.807, 2.05) is 23.1 Å². The molecule has 0 bridgehead atoms. The van der Waals surface area contributed by atoms with Crippen LogP contribution >= 0.6 is 0 Å². The molecule has 1 aromatic carbocycles. The van der Waals surface area contributed by atoms with E-state index in [9.17, 15) is 4.79 Å². The number of primary amides is 1. The van der Waals surface area contributed by atoms with Crippen molar-refractivity contribution < 1.29 is 14.3 Å². The van der Waals surface area contributed by atoms with Gasteiger partial charge in [-0.1, -0.05) is 19.1 Å². The van der Waals surface area contributed by atoms with E-state index in [1.165, 1.54) is 5.56 Å². The minimum atomic E-state index is -0.289. The third-order valence-corrected chi connectivity index (χ3v) is 3.98. The second-order valence-corrected chi connectivity index (χ2v) is 5.36. The number of carbonyl (C=O) groups excluding carboxylic acids is 1. The maximum Gasteiger partial charge on any atom is 0.234 e. The highest BCUT2D eigenvalue weighted by atomic mass is 16.5. The van der Waals surface area contributed by atoms with Crippen molar-refractivity contribution in [2.24, 2.45) is 5.73 Å². The van der Waals surface area contributed by atoms with E-state index in [1.54, 1.807) is 7.11 Å². The molecule has 1 aromatic rings. The Hall–Kier alpha value is -1.59. The number of aryl methyl sites for hydroxylation is 1. The zero-order valence-electron chi connectivity index (χ0n) is 12.7. The van der Waals surface area contributed by atoms with Crippen molar-refractivity contribution in [3.63, 3.8) is 0 Å². The van der Waals surface area contributed by atoms with E-state index in [-0.39, 0.29) is 18.1 Å². The average molecular weight is 292 g/mol. The summed E-state index contributed by atoms with van der Waals surface area (Å²) in [4.78, 5) is 13.5. The molecule has 5 heteroatoms. The minimum absolute atomic E-state index is 0.0749. The number of methoxy groups -OCH3 is 1. The Kier molecular flexibility index (Phi) is 5.59. The molecule has 1 aliphatic rings. The largest absolute Gasteiger partial charge is 0.492 e. The van der Waals surface area contributed by atoms with Gasteiger partial charge in [0.2, 0.25) is 5.91 Å². The molecule has 116 valence electrons. The molecule has 0 aromatic heterocycles. The van der Waals surface area contributed by atoms with Gasteiger partial charge in [-0.3, -0.25) is 9.69 Å². The van der Waals surface area contributed by atoms with E-state index >= 15 is 0 Å². The highest BCUT2D eigenvalue weighted by molar-refractivity contribution is 5.80. The fourth-order valence-electron chi connectivity index (χ4n) is 2.71. The van der Waals surface area contributed by atoms with Gasteiger partial charge in [-0.25, -0.2) is 0 Å². The molecule has 21 heavy (non-hydrogen) atoms.